The highest BCUT2D eigenvalue weighted by molar-refractivity contribution is 5.78. The van der Waals surface area contributed by atoms with Crippen molar-refractivity contribution in [1.82, 2.24) is 15.1 Å². The Labute approximate surface area is 160 Å². The summed E-state index contributed by atoms with van der Waals surface area (Å²) in [6.07, 6.45) is 3.33. The first kappa shape index (κ1) is 17.8. The third-order valence-electron chi connectivity index (χ3n) is 5.60. The molecule has 142 valence electrons. The molecule has 2 aliphatic rings. The molecule has 2 heterocycles. The number of nitrogens with zero attached hydrogens (tertiary/aromatic N) is 4. The number of amides is 1. The summed E-state index contributed by atoms with van der Waals surface area (Å²) >= 11 is 0. The summed E-state index contributed by atoms with van der Waals surface area (Å²) in [5.41, 5.74) is 4.87. The Morgan fingerprint density at radius 1 is 1.04 bits per heavy atom. The molecule has 0 atom stereocenters. The highest BCUT2D eigenvalue weighted by atomic mass is 16.5. The van der Waals surface area contributed by atoms with Gasteiger partial charge in [0.25, 0.3) is 5.91 Å². The van der Waals surface area contributed by atoms with E-state index in [2.05, 4.69) is 28.1 Å². The van der Waals surface area contributed by atoms with Crippen LogP contribution in [0.4, 0.5) is 5.82 Å². The topological polar surface area (TPSA) is 58.6 Å². The van der Waals surface area contributed by atoms with Crippen LogP contribution in [0.1, 0.15) is 28.8 Å². The first-order chi connectivity index (χ1) is 13.1. The Morgan fingerprint density at radius 2 is 1.85 bits per heavy atom. The zero-order valence-corrected chi connectivity index (χ0v) is 16.1. The molecule has 0 radical (unpaired) electrons. The summed E-state index contributed by atoms with van der Waals surface area (Å²) in [5, 5.41) is 8.76. The fraction of sp³-hybridized carbons (Fsp3) is 0.476. The lowest BCUT2D eigenvalue weighted by atomic mass is 10.1. The summed E-state index contributed by atoms with van der Waals surface area (Å²) in [5.74, 6) is 1.72. The van der Waals surface area contributed by atoms with E-state index < -0.39 is 0 Å². The molecule has 4 rings (SSSR count). The van der Waals surface area contributed by atoms with Crippen LogP contribution in [0.15, 0.2) is 24.3 Å². The largest absolute Gasteiger partial charge is 0.484 e. The Morgan fingerprint density at radius 3 is 2.63 bits per heavy atom. The van der Waals surface area contributed by atoms with E-state index >= 15 is 0 Å². The Hall–Kier alpha value is -2.63. The molecular weight excluding hydrogens is 340 g/mol. The maximum atomic E-state index is 12.5. The third kappa shape index (κ3) is 3.89. The van der Waals surface area contributed by atoms with E-state index in [1.54, 1.807) is 0 Å². The minimum absolute atomic E-state index is 0.0351. The van der Waals surface area contributed by atoms with Gasteiger partial charge in [0, 0.05) is 26.2 Å². The van der Waals surface area contributed by atoms with Crippen molar-refractivity contribution in [2.45, 2.75) is 33.1 Å². The minimum Gasteiger partial charge on any atom is -0.484 e. The van der Waals surface area contributed by atoms with E-state index in [1.165, 1.54) is 23.1 Å². The molecule has 1 aromatic heterocycles. The van der Waals surface area contributed by atoms with Gasteiger partial charge >= 0.3 is 0 Å². The van der Waals surface area contributed by atoms with Gasteiger partial charge in [-0.3, -0.25) is 4.79 Å². The molecule has 0 saturated carbocycles. The van der Waals surface area contributed by atoms with Gasteiger partial charge in [-0.15, -0.1) is 5.10 Å². The zero-order valence-electron chi connectivity index (χ0n) is 16.1. The standard InChI is InChI=1S/C21H26N4O2/c1-15-6-7-18(12-16(15)2)27-14-21(26)25-10-8-24(9-11-25)20-13-17-4-3-5-19(17)22-23-20/h6-7,12-13H,3-5,8-11,14H2,1-2H3. The molecule has 0 N–H and O–H groups in total. The summed E-state index contributed by atoms with van der Waals surface area (Å²) in [7, 11) is 0. The molecule has 1 aliphatic heterocycles. The van der Waals surface area contributed by atoms with Crippen molar-refractivity contribution in [3.05, 3.63) is 46.6 Å². The quantitative estimate of drug-likeness (QED) is 0.831. The van der Waals surface area contributed by atoms with E-state index in [0.29, 0.717) is 13.1 Å². The van der Waals surface area contributed by atoms with Crippen molar-refractivity contribution in [3.63, 3.8) is 0 Å². The van der Waals surface area contributed by atoms with Gasteiger partial charge in [-0.2, -0.15) is 5.10 Å². The van der Waals surface area contributed by atoms with Crippen molar-refractivity contribution in [2.75, 3.05) is 37.7 Å². The maximum Gasteiger partial charge on any atom is 0.260 e. The van der Waals surface area contributed by atoms with E-state index in [1.807, 2.05) is 30.0 Å². The molecule has 0 spiro atoms. The number of carbonyl (C=O) groups excluding carboxylic acids is 1. The molecular formula is C21H26N4O2. The van der Waals surface area contributed by atoms with E-state index in [4.69, 9.17) is 4.74 Å². The zero-order chi connectivity index (χ0) is 18.8. The number of rotatable bonds is 4. The van der Waals surface area contributed by atoms with Gasteiger partial charge in [0.1, 0.15) is 5.75 Å². The second kappa shape index (κ2) is 7.55. The number of fused-ring (bicyclic) bond motifs is 1. The Balaban J connectivity index is 1.29. The molecule has 1 aromatic carbocycles. The number of anilines is 1. The van der Waals surface area contributed by atoms with E-state index in [-0.39, 0.29) is 12.5 Å². The molecule has 1 saturated heterocycles. The van der Waals surface area contributed by atoms with Gasteiger partial charge in [-0.1, -0.05) is 6.07 Å². The number of aromatic nitrogens is 2. The van der Waals surface area contributed by atoms with Crippen molar-refractivity contribution >= 4 is 11.7 Å². The van der Waals surface area contributed by atoms with Gasteiger partial charge in [0.15, 0.2) is 12.4 Å². The first-order valence-electron chi connectivity index (χ1n) is 9.68. The lowest BCUT2D eigenvalue weighted by molar-refractivity contribution is -0.133. The van der Waals surface area contributed by atoms with Gasteiger partial charge in [0.2, 0.25) is 0 Å². The highest BCUT2D eigenvalue weighted by Gasteiger charge is 2.23. The van der Waals surface area contributed by atoms with Crippen LogP contribution in [0.25, 0.3) is 0 Å². The second-order valence-corrected chi connectivity index (χ2v) is 7.43. The van der Waals surface area contributed by atoms with Crippen LogP contribution in [0.3, 0.4) is 0 Å². The first-order valence-corrected chi connectivity index (χ1v) is 9.68. The summed E-state index contributed by atoms with van der Waals surface area (Å²) < 4.78 is 5.69. The predicted molar refractivity (Wildman–Crippen MR) is 104 cm³/mol. The highest BCUT2D eigenvalue weighted by Crippen LogP contribution is 2.23. The van der Waals surface area contributed by atoms with Gasteiger partial charge in [-0.05, 0) is 68.0 Å². The Kier molecular flexibility index (Phi) is 4.97. The molecule has 2 aromatic rings. The number of piperazine rings is 1. The fourth-order valence-electron chi connectivity index (χ4n) is 3.70. The number of ether oxygens (including phenoxy) is 1. The summed E-state index contributed by atoms with van der Waals surface area (Å²) in [6, 6.07) is 8.09. The van der Waals surface area contributed by atoms with Crippen LogP contribution in [-0.2, 0) is 17.6 Å². The van der Waals surface area contributed by atoms with Crippen LogP contribution < -0.4 is 9.64 Å². The van der Waals surface area contributed by atoms with Gasteiger partial charge in [-0.25, -0.2) is 0 Å². The van der Waals surface area contributed by atoms with E-state index in [9.17, 15) is 4.79 Å². The second-order valence-electron chi connectivity index (χ2n) is 7.43. The lowest BCUT2D eigenvalue weighted by Gasteiger charge is -2.35. The van der Waals surface area contributed by atoms with Crippen LogP contribution in [0.2, 0.25) is 0 Å². The third-order valence-corrected chi connectivity index (χ3v) is 5.60. The van der Waals surface area contributed by atoms with Crippen molar-refractivity contribution in [1.29, 1.82) is 0 Å². The number of benzene rings is 1. The average molecular weight is 366 g/mol. The number of aryl methyl sites for hydroxylation is 4. The normalized spacial score (nSPS) is 16.4. The molecule has 1 fully saturated rings. The van der Waals surface area contributed by atoms with Crippen LogP contribution >= 0.6 is 0 Å². The fourth-order valence-corrected chi connectivity index (χ4v) is 3.70. The van der Waals surface area contributed by atoms with Crippen molar-refractivity contribution < 1.29 is 9.53 Å². The molecule has 1 amide bonds. The monoisotopic (exact) mass is 366 g/mol. The van der Waals surface area contributed by atoms with E-state index in [0.717, 1.165) is 43.2 Å². The molecule has 27 heavy (non-hydrogen) atoms. The summed E-state index contributed by atoms with van der Waals surface area (Å²) in [4.78, 5) is 16.6. The van der Waals surface area contributed by atoms with Crippen LogP contribution in [0.5, 0.6) is 5.75 Å². The smallest absolute Gasteiger partial charge is 0.260 e. The molecule has 0 bridgehead atoms. The number of carbonyl (C=O) groups is 1. The van der Waals surface area contributed by atoms with Crippen LogP contribution in [0, 0.1) is 13.8 Å². The molecule has 6 heteroatoms. The van der Waals surface area contributed by atoms with Gasteiger partial charge in [0.05, 0.1) is 5.69 Å². The average Bonchev–Trinajstić information content (AvgIpc) is 3.16. The maximum absolute atomic E-state index is 12.5. The minimum atomic E-state index is 0.0351. The number of hydrogen-bond donors (Lipinski definition) is 0. The summed E-state index contributed by atoms with van der Waals surface area (Å²) in [6.45, 7) is 7.13. The predicted octanol–water partition coefficient (Wildman–Crippen LogP) is 2.31. The molecule has 1 aliphatic carbocycles. The van der Waals surface area contributed by atoms with Crippen molar-refractivity contribution in [3.8, 4) is 5.75 Å². The van der Waals surface area contributed by atoms with Crippen molar-refractivity contribution in [2.24, 2.45) is 0 Å². The molecule has 6 nitrogen and oxygen atoms in total. The SMILES string of the molecule is Cc1ccc(OCC(=O)N2CCN(c3cc4c(nn3)CCC4)CC2)cc1C. The molecule has 0 unspecified atom stereocenters. The van der Waals surface area contributed by atoms with Gasteiger partial charge < -0.3 is 14.5 Å². The van der Waals surface area contributed by atoms with Crippen LogP contribution in [-0.4, -0.2) is 53.8 Å². The number of hydrogen-bond acceptors (Lipinski definition) is 5. The lowest BCUT2D eigenvalue weighted by Crippen LogP contribution is -2.50. The Bertz CT molecular complexity index is 844.